The average molecular weight is 383 g/mol. The molecule has 1 amide bonds. The van der Waals surface area contributed by atoms with Gasteiger partial charge in [0.25, 0.3) is 0 Å². The van der Waals surface area contributed by atoms with Crippen molar-refractivity contribution < 1.29 is 14.3 Å². The largest absolute Gasteiger partial charge is 0.494 e. The zero-order valence-corrected chi connectivity index (χ0v) is 17.2. The normalized spacial score (nSPS) is 10.5. The zero-order valence-electron chi connectivity index (χ0n) is 17.2. The second kappa shape index (κ2) is 11.1. The maximum Gasteiger partial charge on any atom is 0.244 e. The van der Waals surface area contributed by atoms with Crippen molar-refractivity contribution in [3.05, 3.63) is 65.7 Å². The SMILES string of the molecule is CCOc1ccc(C(=CC(=O)NCCN(C)C)c2ccc(OCC)cc2)cc1. The van der Waals surface area contributed by atoms with E-state index < -0.39 is 0 Å². The second-order valence-electron chi connectivity index (χ2n) is 6.57. The summed E-state index contributed by atoms with van der Waals surface area (Å²) < 4.78 is 11.1. The Kier molecular flexibility index (Phi) is 8.56. The number of nitrogens with zero attached hydrogens (tertiary/aromatic N) is 1. The van der Waals surface area contributed by atoms with Gasteiger partial charge in [0.15, 0.2) is 0 Å². The third-order valence-corrected chi connectivity index (χ3v) is 4.09. The Morgan fingerprint density at radius 3 is 1.75 bits per heavy atom. The van der Waals surface area contributed by atoms with Crippen LogP contribution in [-0.4, -0.2) is 51.2 Å². The monoisotopic (exact) mass is 382 g/mol. The highest BCUT2D eigenvalue weighted by Gasteiger charge is 2.09. The third kappa shape index (κ3) is 6.74. The number of carbonyl (C=O) groups is 1. The van der Waals surface area contributed by atoms with Crippen molar-refractivity contribution in [1.82, 2.24) is 10.2 Å². The Balaban J connectivity index is 2.28. The lowest BCUT2D eigenvalue weighted by molar-refractivity contribution is -0.116. The van der Waals surface area contributed by atoms with Gasteiger partial charge in [0, 0.05) is 19.2 Å². The van der Waals surface area contributed by atoms with Crippen molar-refractivity contribution in [1.29, 1.82) is 0 Å². The van der Waals surface area contributed by atoms with E-state index in [-0.39, 0.29) is 5.91 Å². The van der Waals surface area contributed by atoms with E-state index in [9.17, 15) is 4.79 Å². The van der Waals surface area contributed by atoms with Gasteiger partial charge < -0.3 is 19.7 Å². The maximum atomic E-state index is 12.5. The molecule has 0 atom stereocenters. The van der Waals surface area contributed by atoms with E-state index in [1.807, 2.05) is 81.4 Å². The van der Waals surface area contributed by atoms with Crippen LogP contribution in [0.2, 0.25) is 0 Å². The molecule has 2 aromatic carbocycles. The number of hydrogen-bond acceptors (Lipinski definition) is 4. The average Bonchev–Trinajstić information content (AvgIpc) is 2.68. The minimum absolute atomic E-state index is 0.111. The first kappa shape index (κ1) is 21.5. The van der Waals surface area contributed by atoms with Gasteiger partial charge in [-0.15, -0.1) is 0 Å². The van der Waals surface area contributed by atoms with Crippen LogP contribution in [0.4, 0.5) is 0 Å². The summed E-state index contributed by atoms with van der Waals surface area (Å²) in [5, 5.41) is 2.94. The number of likely N-dealkylation sites (N-methyl/N-ethyl adjacent to an activating group) is 1. The molecule has 5 nitrogen and oxygen atoms in total. The Morgan fingerprint density at radius 1 is 0.893 bits per heavy atom. The summed E-state index contributed by atoms with van der Waals surface area (Å²) >= 11 is 0. The molecule has 0 spiro atoms. The van der Waals surface area contributed by atoms with E-state index >= 15 is 0 Å². The number of ether oxygens (including phenoxy) is 2. The van der Waals surface area contributed by atoms with Crippen LogP contribution in [0.15, 0.2) is 54.6 Å². The van der Waals surface area contributed by atoms with Crippen LogP contribution in [0.1, 0.15) is 25.0 Å². The fraction of sp³-hybridized carbons (Fsp3) is 0.348. The lowest BCUT2D eigenvalue weighted by Crippen LogP contribution is -2.30. The summed E-state index contributed by atoms with van der Waals surface area (Å²) in [6, 6.07) is 15.6. The van der Waals surface area contributed by atoms with E-state index in [1.165, 1.54) is 0 Å². The van der Waals surface area contributed by atoms with Gasteiger partial charge in [-0.1, -0.05) is 24.3 Å². The minimum Gasteiger partial charge on any atom is -0.494 e. The topological polar surface area (TPSA) is 50.8 Å². The first-order valence-electron chi connectivity index (χ1n) is 9.64. The highest BCUT2D eigenvalue weighted by molar-refractivity contribution is 5.99. The van der Waals surface area contributed by atoms with Crippen molar-refractivity contribution >= 4 is 11.5 Å². The maximum absolute atomic E-state index is 12.5. The number of carbonyl (C=O) groups excluding carboxylic acids is 1. The molecule has 0 bridgehead atoms. The van der Waals surface area contributed by atoms with E-state index in [1.54, 1.807) is 6.08 Å². The standard InChI is InChI=1S/C23H30N2O3/c1-5-27-20-11-7-18(8-12-20)22(17-23(26)24-15-16-25(3)4)19-9-13-21(14-10-19)28-6-2/h7-14,17H,5-6,15-16H2,1-4H3,(H,24,26). The molecule has 0 saturated carbocycles. The molecule has 2 rings (SSSR count). The van der Waals surface area contributed by atoms with E-state index in [4.69, 9.17) is 9.47 Å². The summed E-state index contributed by atoms with van der Waals surface area (Å²) in [6.45, 7) is 6.54. The van der Waals surface area contributed by atoms with Gasteiger partial charge in [-0.2, -0.15) is 0 Å². The van der Waals surface area contributed by atoms with Crippen LogP contribution in [0.25, 0.3) is 5.57 Å². The van der Waals surface area contributed by atoms with Crippen LogP contribution in [0.5, 0.6) is 11.5 Å². The number of rotatable bonds is 10. The first-order chi connectivity index (χ1) is 13.5. The van der Waals surface area contributed by atoms with Gasteiger partial charge in [-0.25, -0.2) is 0 Å². The lowest BCUT2D eigenvalue weighted by Gasteiger charge is -2.12. The molecule has 0 aliphatic rings. The van der Waals surface area contributed by atoms with Gasteiger partial charge in [0.1, 0.15) is 11.5 Å². The molecule has 0 heterocycles. The van der Waals surface area contributed by atoms with E-state index in [0.717, 1.165) is 34.7 Å². The van der Waals surface area contributed by atoms with Gasteiger partial charge in [0.2, 0.25) is 5.91 Å². The smallest absolute Gasteiger partial charge is 0.244 e. The van der Waals surface area contributed by atoms with Crippen molar-refractivity contribution in [2.45, 2.75) is 13.8 Å². The van der Waals surface area contributed by atoms with Crippen LogP contribution >= 0.6 is 0 Å². The summed E-state index contributed by atoms with van der Waals surface area (Å²) in [4.78, 5) is 14.5. The summed E-state index contributed by atoms with van der Waals surface area (Å²) in [7, 11) is 3.96. The summed E-state index contributed by atoms with van der Waals surface area (Å²) in [6.07, 6.45) is 1.65. The molecule has 0 fully saturated rings. The molecule has 1 N–H and O–H groups in total. The molecule has 28 heavy (non-hydrogen) atoms. The number of hydrogen-bond donors (Lipinski definition) is 1. The quantitative estimate of drug-likeness (QED) is 0.638. The number of nitrogens with one attached hydrogen (secondary N) is 1. The second-order valence-corrected chi connectivity index (χ2v) is 6.57. The van der Waals surface area contributed by atoms with Gasteiger partial charge >= 0.3 is 0 Å². The van der Waals surface area contributed by atoms with Crippen molar-refractivity contribution in [3.8, 4) is 11.5 Å². The number of amides is 1. The molecule has 0 aliphatic carbocycles. The Morgan fingerprint density at radius 2 is 1.36 bits per heavy atom. The Bertz CT molecular complexity index is 714. The molecule has 2 aromatic rings. The Labute approximate surface area is 168 Å². The van der Waals surface area contributed by atoms with Crippen LogP contribution < -0.4 is 14.8 Å². The van der Waals surface area contributed by atoms with Crippen LogP contribution in [-0.2, 0) is 4.79 Å². The van der Waals surface area contributed by atoms with Gasteiger partial charge in [-0.05, 0) is 68.9 Å². The zero-order chi connectivity index (χ0) is 20.4. The summed E-state index contributed by atoms with van der Waals surface area (Å²) in [5.41, 5.74) is 2.76. The Hall–Kier alpha value is -2.79. The van der Waals surface area contributed by atoms with Gasteiger partial charge in [0.05, 0.1) is 13.2 Å². The third-order valence-electron chi connectivity index (χ3n) is 4.09. The van der Waals surface area contributed by atoms with E-state index in [0.29, 0.717) is 19.8 Å². The molecule has 150 valence electrons. The minimum atomic E-state index is -0.111. The highest BCUT2D eigenvalue weighted by Crippen LogP contribution is 2.27. The number of benzene rings is 2. The highest BCUT2D eigenvalue weighted by atomic mass is 16.5. The fourth-order valence-electron chi connectivity index (χ4n) is 2.71. The lowest BCUT2D eigenvalue weighted by atomic mass is 9.97. The molecule has 0 saturated heterocycles. The molecule has 0 radical (unpaired) electrons. The first-order valence-corrected chi connectivity index (χ1v) is 9.64. The fourth-order valence-corrected chi connectivity index (χ4v) is 2.71. The van der Waals surface area contributed by atoms with Crippen LogP contribution in [0, 0.1) is 0 Å². The van der Waals surface area contributed by atoms with Crippen molar-refractivity contribution in [3.63, 3.8) is 0 Å². The van der Waals surface area contributed by atoms with Crippen LogP contribution in [0.3, 0.4) is 0 Å². The molecule has 0 aromatic heterocycles. The predicted molar refractivity (Wildman–Crippen MR) is 114 cm³/mol. The van der Waals surface area contributed by atoms with E-state index in [2.05, 4.69) is 5.32 Å². The summed E-state index contributed by atoms with van der Waals surface area (Å²) in [5.74, 6) is 1.51. The van der Waals surface area contributed by atoms with Gasteiger partial charge in [-0.3, -0.25) is 4.79 Å². The van der Waals surface area contributed by atoms with Crippen molar-refractivity contribution in [2.75, 3.05) is 40.4 Å². The molecular formula is C23H30N2O3. The molecule has 0 unspecified atom stereocenters. The molecule has 5 heteroatoms. The molecule has 0 aliphatic heterocycles. The van der Waals surface area contributed by atoms with Crippen molar-refractivity contribution in [2.24, 2.45) is 0 Å². The molecular weight excluding hydrogens is 352 g/mol. The predicted octanol–water partition coefficient (Wildman–Crippen LogP) is 3.59.